The van der Waals surface area contributed by atoms with Crippen LogP contribution in [0.3, 0.4) is 0 Å². The van der Waals surface area contributed by atoms with Gasteiger partial charge in [0.1, 0.15) is 5.75 Å². The summed E-state index contributed by atoms with van der Waals surface area (Å²) in [6, 6.07) is 12.4. The van der Waals surface area contributed by atoms with E-state index in [9.17, 15) is 4.79 Å². The molecule has 3 heteroatoms. The first-order valence-corrected chi connectivity index (χ1v) is 14.4. The Kier molecular flexibility index (Phi) is 15.2. The molecule has 196 valence electrons. The summed E-state index contributed by atoms with van der Waals surface area (Å²) in [5, 5.41) is 2.27. The van der Waals surface area contributed by atoms with Crippen LogP contribution < -0.4 is 4.74 Å². The zero-order chi connectivity index (χ0) is 25.1. The van der Waals surface area contributed by atoms with Gasteiger partial charge in [-0.3, -0.25) is 4.79 Å². The average Bonchev–Trinajstić information content (AvgIpc) is 2.89. The third kappa shape index (κ3) is 11.5. The third-order valence-electron chi connectivity index (χ3n) is 7.05. The highest BCUT2D eigenvalue weighted by atomic mass is 16.5. The Hall–Kier alpha value is -2.03. The second kappa shape index (κ2) is 18.3. The lowest BCUT2D eigenvalue weighted by molar-refractivity contribution is -0.145. The highest BCUT2D eigenvalue weighted by molar-refractivity contribution is 5.87. The van der Waals surface area contributed by atoms with E-state index in [2.05, 4.69) is 31.2 Å². The molecule has 0 heterocycles. The van der Waals surface area contributed by atoms with Gasteiger partial charge in [0, 0.05) is 0 Å². The van der Waals surface area contributed by atoms with Crippen molar-refractivity contribution in [3.05, 3.63) is 42.0 Å². The zero-order valence-electron chi connectivity index (χ0n) is 22.8. The average molecular weight is 483 g/mol. The van der Waals surface area contributed by atoms with Crippen molar-refractivity contribution in [2.45, 2.75) is 122 Å². The summed E-state index contributed by atoms with van der Waals surface area (Å²) in [4.78, 5) is 12.9. The smallest absolute Gasteiger partial charge is 0.313 e. The van der Waals surface area contributed by atoms with E-state index in [4.69, 9.17) is 9.47 Å². The van der Waals surface area contributed by atoms with Crippen molar-refractivity contribution in [1.82, 2.24) is 0 Å². The van der Waals surface area contributed by atoms with Gasteiger partial charge in [-0.2, -0.15) is 0 Å². The van der Waals surface area contributed by atoms with Crippen LogP contribution in [0.1, 0.15) is 128 Å². The summed E-state index contributed by atoms with van der Waals surface area (Å²) in [7, 11) is 1.69. The van der Waals surface area contributed by atoms with Crippen molar-refractivity contribution < 1.29 is 14.3 Å². The van der Waals surface area contributed by atoms with Gasteiger partial charge < -0.3 is 9.47 Å². The highest BCUT2D eigenvalue weighted by Crippen LogP contribution is 2.29. The fraction of sp³-hybridized carbons (Fsp3) is 0.656. The fourth-order valence-corrected chi connectivity index (χ4v) is 4.85. The van der Waals surface area contributed by atoms with Crippen molar-refractivity contribution in [3.63, 3.8) is 0 Å². The SMILES string of the molecule is CCCCCCCCCCCCCCCCC(C(=O)OCCC)c1ccc2cc(OC)ccc2c1. The molecule has 0 bridgehead atoms. The van der Waals surface area contributed by atoms with Gasteiger partial charge in [-0.05, 0) is 41.3 Å². The topological polar surface area (TPSA) is 35.5 Å². The van der Waals surface area contributed by atoms with Crippen molar-refractivity contribution in [2.24, 2.45) is 0 Å². The highest BCUT2D eigenvalue weighted by Gasteiger charge is 2.22. The molecule has 0 aliphatic rings. The van der Waals surface area contributed by atoms with Crippen LogP contribution in [-0.4, -0.2) is 19.7 Å². The second-order valence-electron chi connectivity index (χ2n) is 10.1. The van der Waals surface area contributed by atoms with E-state index in [1.807, 2.05) is 19.1 Å². The molecule has 0 amide bonds. The Morgan fingerprint density at radius 3 is 1.80 bits per heavy atom. The summed E-state index contributed by atoms with van der Waals surface area (Å²) < 4.78 is 10.9. The number of ether oxygens (including phenoxy) is 2. The molecule has 0 aliphatic heterocycles. The molecule has 0 radical (unpaired) electrons. The fourth-order valence-electron chi connectivity index (χ4n) is 4.85. The molecule has 1 unspecified atom stereocenters. The van der Waals surface area contributed by atoms with Gasteiger partial charge in [0.25, 0.3) is 0 Å². The van der Waals surface area contributed by atoms with Crippen LogP contribution in [0.4, 0.5) is 0 Å². The van der Waals surface area contributed by atoms with Gasteiger partial charge >= 0.3 is 5.97 Å². The Balaban J connectivity index is 1.71. The molecule has 2 aromatic rings. The lowest BCUT2D eigenvalue weighted by Gasteiger charge is -2.17. The minimum atomic E-state index is -0.176. The van der Waals surface area contributed by atoms with Crippen LogP contribution in [0.2, 0.25) is 0 Å². The number of benzene rings is 2. The first-order valence-electron chi connectivity index (χ1n) is 14.4. The molecule has 0 saturated carbocycles. The van der Waals surface area contributed by atoms with E-state index < -0.39 is 0 Å². The Morgan fingerprint density at radius 1 is 0.686 bits per heavy atom. The predicted octanol–water partition coefficient (Wildman–Crippen LogP) is 9.76. The molecule has 0 N–H and O–H groups in total. The lowest BCUT2D eigenvalue weighted by atomic mass is 9.91. The van der Waals surface area contributed by atoms with Crippen LogP contribution in [0.5, 0.6) is 5.75 Å². The number of unbranched alkanes of at least 4 members (excludes halogenated alkanes) is 13. The number of methoxy groups -OCH3 is 1. The summed E-state index contributed by atoms with van der Waals surface area (Å²) in [6.07, 6.45) is 20.5. The summed E-state index contributed by atoms with van der Waals surface area (Å²) >= 11 is 0. The maximum atomic E-state index is 12.9. The van der Waals surface area contributed by atoms with E-state index in [1.54, 1.807) is 7.11 Å². The number of esters is 1. The third-order valence-corrected chi connectivity index (χ3v) is 7.05. The van der Waals surface area contributed by atoms with Gasteiger partial charge in [0.15, 0.2) is 0 Å². The Bertz CT molecular complexity index is 829. The van der Waals surface area contributed by atoms with Crippen molar-refractivity contribution in [3.8, 4) is 5.75 Å². The van der Waals surface area contributed by atoms with Gasteiger partial charge in [-0.25, -0.2) is 0 Å². The van der Waals surface area contributed by atoms with Crippen LogP contribution in [0.25, 0.3) is 10.8 Å². The van der Waals surface area contributed by atoms with Gasteiger partial charge in [0.05, 0.1) is 19.6 Å². The molecule has 0 saturated heterocycles. The standard InChI is InChI=1S/C32H50O3/c1-4-6-7-8-9-10-11-12-13-14-15-16-17-18-19-31(32(33)35-24-5-2)29-21-20-28-26-30(34-3)23-22-27(28)25-29/h20-23,25-26,31H,4-19,24H2,1-3H3. The van der Waals surface area contributed by atoms with Crippen LogP contribution in [0, 0.1) is 0 Å². The maximum Gasteiger partial charge on any atom is 0.313 e. The van der Waals surface area contributed by atoms with Crippen molar-refractivity contribution >= 4 is 16.7 Å². The monoisotopic (exact) mass is 482 g/mol. The quantitative estimate of drug-likeness (QED) is 0.139. The molecule has 2 rings (SSSR count). The molecule has 0 fully saturated rings. The second-order valence-corrected chi connectivity index (χ2v) is 10.1. The number of carbonyl (C=O) groups is 1. The molecular weight excluding hydrogens is 432 g/mol. The first kappa shape index (κ1) is 29.2. The van der Waals surface area contributed by atoms with E-state index in [1.165, 1.54) is 83.5 Å². The van der Waals surface area contributed by atoms with Gasteiger partial charge in [-0.1, -0.05) is 128 Å². The van der Waals surface area contributed by atoms with Crippen molar-refractivity contribution in [2.75, 3.05) is 13.7 Å². The largest absolute Gasteiger partial charge is 0.497 e. The number of rotatable bonds is 20. The molecule has 0 aliphatic carbocycles. The molecule has 35 heavy (non-hydrogen) atoms. The Labute approximate surface area is 215 Å². The summed E-state index contributed by atoms with van der Waals surface area (Å²) in [5.74, 6) is 0.603. The molecule has 1 atom stereocenters. The molecular formula is C32H50O3. The minimum Gasteiger partial charge on any atom is -0.497 e. The number of carbonyl (C=O) groups excluding carboxylic acids is 1. The lowest BCUT2D eigenvalue weighted by Crippen LogP contribution is -2.16. The normalized spacial score (nSPS) is 12.1. The van der Waals surface area contributed by atoms with E-state index in [0.29, 0.717) is 6.61 Å². The number of hydrogen-bond donors (Lipinski definition) is 0. The zero-order valence-corrected chi connectivity index (χ0v) is 22.8. The van der Waals surface area contributed by atoms with Crippen LogP contribution >= 0.6 is 0 Å². The molecule has 0 aromatic heterocycles. The van der Waals surface area contributed by atoms with E-state index in [0.717, 1.165) is 41.3 Å². The number of fused-ring (bicyclic) bond motifs is 1. The summed E-state index contributed by atoms with van der Waals surface area (Å²) in [6.45, 7) is 4.82. The predicted molar refractivity (Wildman–Crippen MR) is 149 cm³/mol. The van der Waals surface area contributed by atoms with Gasteiger partial charge in [0.2, 0.25) is 0 Å². The first-order chi connectivity index (χ1) is 17.2. The van der Waals surface area contributed by atoms with Gasteiger partial charge in [-0.15, -0.1) is 0 Å². The maximum absolute atomic E-state index is 12.9. The summed E-state index contributed by atoms with van der Waals surface area (Å²) in [5.41, 5.74) is 1.07. The van der Waals surface area contributed by atoms with Crippen molar-refractivity contribution in [1.29, 1.82) is 0 Å². The minimum absolute atomic E-state index is 0.0746. The molecule has 2 aromatic carbocycles. The number of hydrogen-bond acceptors (Lipinski definition) is 3. The molecule has 3 nitrogen and oxygen atoms in total. The van der Waals surface area contributed by atoms with Crippen LogP contribution in [0.15, 0.2) is 36.4 Å². The van der Waals surface area contributed by atoms with E-state index in [-0.39, 0.29) is 11.9 Å². The Morgan fingerprint density at radius 2 is 1.23 bits per heavy atom. The molecule has 0 spiro atoms. The van der Waals surface area contributed by atoms with Crippen LogP contribution in [-0.2, 0) is 9.53 Å². The van der Waals surface area contributed by atoms with E-state index >= 15 is 0 Å².